The summed E-state index contributed by atoms with van der Waals surface area (Å²) < 4.78 is 76.2. The number of nitrogens with one attached hydrogen (secondary N) is 2. The molecule has 3 aliphatic heterocycles. The fourth-order valence-corrected chi connectivity index (χ4v) is 7.62. The van der Waals surface area contributed by atoms with Gasteiger partial charge in [0, 0.05) is 70.0 Å². The largest absolute Gasteiger partial charge is 0.416 e. The highest BCUT2D eigenvalue weighted by molar-refractivity contribution is 5.95. The Morgan fingerprint density at radius 2 is 1.00 bits per heavy atom. The quantitative estimate of drug-likeness (QED) is 0.187. The highest BCUT2D eigenvalue weighted by Crippen LogP contribution is 2.33. The van der Waals surface area contributed by atoms with Gasteiger partial charge < -0.3 is 30.2 Å². The maximum Gasteiger partial charge on any atom is 0.416 e. The summed E-state index contributed by atoms with van der Waals surface area (Å²) in [5.41, 5.74) is 2.54. The van der Waals surface area contributed by atoms with Crippen LogP contribution in [0.25, 0.3) is 22.3 Å². The standard InChI is InChI=1S/C25H29F3N4O2.C19H19F3N2O/c1-29-21-11-13-31(15-21)24(34)32-14-12-22(16-32)30(2)23(33)19-5-3-17(4-6-19)18-7-9-20(10-8-18)25(26,27)28;1-24(17-10-11-23-12-17)18(25)15-4-2-13(3-5-15)14-6-8-16(9-7-14)19(20,21)22/h3-10,21-22,29H,11-16H2,1-2H3;2-9,17,23H,10-12H2,1H3/t21-,22-;17-/m00/s1. The third-order valence-electron chi connectivity index (χ3n) is 11.4. The summed E-state index contributed by atoms with van der Waals surface area (Å²) in [6, 6.07) is 24.3. The highest BCUT2D eigenvalue weighted by Gasteiger charge is 2.36. The van der Waals surface area contributed by atoms with E-state index in [0.717, 1.165) is 74.3 Å². The molecule has 4 aromatic rings. The molecule has 4 aromatic carbocycles. The van der Waals surface area contributed by atoms with Crippen molar-refractivity contribution in [2.45, 2.75) is 49.7 Å². The Kier molecular flexibility index (Phi) is 13.4. The number of hydrogen-bond acceptors (Lipinski definition) is 5. The zero-order valence-electron chi connectivity index (χ0n) is 33.1. The molecule has 314 valence electrons. The van der Waals surface area contributed by atoms with E-state index in [-0.39, 0.29) is 29.9 Å². The van der Waals surface area contributed by atoms with Gasteiger partial charge >= 0.3 is 18.4 Å². The molecular weight excluding hydrogens is 775 g/mol. The molecule has 0 aliphatic carbocycles. The predicted octanol–water partition coefficient (Wildman–Crippen LogP) is 7.74. The number of halogens is 6. The number of urea groups is 1. The molecule has 4 amide bonds. The second-order valence-electron chi connectivity index (χ2n) is 15.2. The minimum Gasteiger partial charge on any atom is -0.337 e. The third-order valence-corrected chi connectivity index (χ3v) is 11.4. The van der Waals surface area contributed by atoms with E-state index >= 15 is 0 Å². The molecule has 0 aromatic heterocycles. The highest BCUT2D eigenvalue weighted by atomic mass is 19.4. The topological polar surface area (TPSA) is 88.2 Å². The number of carbonyl (C=O) groups excluding carboxylic acids is 3. The van der Waals surface area contributed by atoms with Crippen LogP contribution in [0, 0.1) is 0 Å². The van der Waals surface area contributed by atoms with Gasteiger partial charge in [-0.3, -0.25) is 9.59 Å². The first-order valence-electron chi connectivity index (χ1n) is 19.5. The molecule has 15 heteroatoms. The van der Waals surface area contributed by atoms with Crippen molar-refractivity contribution in [3.05, 3.63) is 119 Å². The van der Waals surface area contributed by atoms with Gasteiger partial charge in [0.2, 0.25) is 0 Å². The van der Waals surface area contributed by atoms with Crippen molar-refractivity contribution in [3.8, 4) is 22.3 Å². The molecule has 0 unspecified atom stereocenters. The van der Waals surface area contributed by atoms with E-state index in [1.165, 1.54) is 24.3 Å². The monoisotopic (exact) mass is 822 g/mol. The van der Waals surface area contributed by atoms with E-state index in [1.807, 2.05) is 16.8 Å². The van der Waals surface area contributed by atoms with Crippen LogP contribution in [-0.2, 0) is 12.4 Å². The van der Waals surface area contributed by atoms with Crippen molar-refractivity contribution in [1.82, 2.24) is 30.2 Å². The van der Waals surface area contributed by atoms with Crippen molar-refractivity contribution >= 4 is 17.8 Å². The Morgan fingerprint density at radius 3 is 1.39 bits per heavy atom. The van der Waals surface area contributed by atoms with Crippen molar-refractivity contribution in [2.75, 3.05) is 60.4 Å². The number of hydrogen-bond donors (Lipinski definition) is 2. The van der Waals surface area contributed by atoms with Crippen molar-refractivity contribution in [1.29, 1.82) is 0 Å². The van der Waals surface area contributed by atoms with Crippen molar-refractivity contribution < 1.29 is 40.7 Å². The molecule has 3 heterocycles. The van der Waals surface area contributed by atoms with E-state index in [2.05, 4.69) is 10.6 Å². The number of benzene rings is 4. The Hall–Kier alpha value is -5.41. The first-order chi connectivity index (χ1) is 28.0. The van der Waals surface area contributed by atoms with Gasteiger partial charge in [0.05, 0.1) is 17.2 Å². The number of likely N-dealkylation sites (tertiary alicyclic amines) is 2. The fourth-order valence-electron chi connectivity index (χ4n) is 7.62. The molecular formula is C44H48F6N6O3. The van der Waals surface area contributed by atoms with Gasteiger partial charge in [0.25, 0.3) is 11.8 Å². The zero-order valence-corrected chi connectivity index (χ0v) is 33.1. The minimum absolute atomic E-state index is 0.0296. The molecule has 2 N–H and O–H groups in total. The van der Waals surface area contributed by atoms with Crippen molar-refractivity contribution in [2.24, 2.45) is 0 Å². The Bertz CT molecular complexity index is 2050. The molecule has 0 radical (unpaired) electrons. The molecule has 3 aliphatic rings. The average molecular weight is 823 g/mol. The summed E-state index contributed by atoms with van der Waals surface area (Å²) in [4.78, 5) is 45.5. The summed E-state index contributed by atoms with van der Waals surface area (Å²) in [5, 5.41) is 6.44. The molecule has 3 saturated heterocycles. The number of rotatable bonds is 7. The smallest absolute Gasteiger partial charge is 0.337 e. The molecule has 9 nitrogen and oxygen atoms in total. The van der Waals surface area contributed by atoms with Gasteiger partial charge in [-0.25, -0.2) is 4.79 Å². The van der Waals surface area contributed by atoms with Crippen LogP contribution in [0.4, 0.5) is 31.1 Å². The number of carbonyl (C=O) groups is 3. The van der Waals surface area contributed by atoms with Crippen LogP contribution in [0.15, 0.2) is 97.1 Å². The predicted molar refractivity (Wildman–Crippen MR) is 214 cm³/mol. The summed E-state index contributed by atoms with van der Waals surface area (Å²) in [5.74, 6) is -0.192. The minimum atomic E-state index is -4.37. The van der Waals surface area contributed by atoms with E-state index in [4.69, 9.17) is 0 Å². The lowest BCUT2D eigenvalue weighted by Gasteiger charge is -2.27. The summed E-state index contributed by atoms with van der Waals surface area (Å²) in [6.45, 7) is 4.28. The zero-order chi connectivity index (χ0) is 42.5. The molecule has 3 fully saturated rings. The van der Waals surface area contributed by atoms with Gasteiger partial charge in [-0.05, 0) is 104 Å². The van der Waals surface area contributed by atoms with Crippen LogP contribution in [0.1, 0.15) is 51.1 Å². The molecule has 7 rings (SSSR count). The average Bonchev–Trinajstić information content (AvgIpc) is 4.06. The van der Waals surface area contributed by atoms with Gasteiger partial charge in [0.1, 0.15) is 0 Å². The normalized spacial score (nSPS) is 19.3. The summed E-state index contributed by atoms with van der Waals surface area (Å²) in [7, 11) is 5.45. The SMILES string of the molecule is CN(C(=O)c1ccc(-c2ccc(C(F)(F)F)cc2)cc1)[C@H]1CCNC1.CN[C@H]1CCN(C(=O)N2CC[C@H](N(C)C(=O)c3ccc(-c4ccc(C(F)(F)F)cc4)cc3)C2)C1. The number of nitrogens with zero attached hydrogens (tertiary/aromatic N) is 4. The number of alkyl halides is 6. The van der Waals surface area contributed by atoms with Crippen molar-refractivity contribution in [3.63, 3.8) is 0 Å². The first kappa shape index (κ1) is 43.2. The Morgan fingerprint density at radius 1 is 0.593 bits per heavy atom. The van der Waals surface area contributed by atoms with Gasteiger partial charge in [0.15, 0.2) is 0 Å². The molecule has 3 atom stereocenters. The molecule has 59 heavy (non-hydrogen) atoms. The van der Waals surface area contributed by atoms with Gasteiger partial charge in [-0.1, -0.05) is 48.5 Å². The summed E-state index contributed by atoms with van der Waals surface area (Å²) >= 11 is 0. The van der Waals surface area contributed by atoms with E-state index in [0.29, 0.717) is 47.9 Å². The maximum atomic E-state index is 13.0. The van der Waals surface area contributed by atoms with Crippen LogP contribution in [0.5, 0.6) is 0 Å². The van der Waals surface area contributed by atoms with Crippen LogP contribution < -0.4 is 10.6 Å². The van der Waals surface area contributed by atoms with Crippen LogP contribution in [0.3, 0.4) is 0 Å². The first-order valence-corrected chi connectivity index (χ1v) is 19.5. The summed E-state index contributed by atoms with van der Waals surface area (Å²) in [6.07, 6.45) is -6.11. The third kappa shape index (κ3) is 10.4. The van der Waals surface area contributed by atoms with Crippen LogP contribution >= 0.6 is 0 Å². The number of amides is 4. The lowest BCUT2D eigenvalue weighted by molar-refractivity contribution is -0.138. The molecule has 0 spiro atoms. The molecule has 0 saturated carbocycles. The number of likely N-dealkylation sites (N-methyl/N-ethyl adjacent to an activating group) is 3. The second kappa shape index (κ2) is 18.2. The van der Waals surface area contributed by atoms with Crippen LogP contribution in [0.2, 0.25) is 0 Å². The Labute approximate surface area is 340 Å². The lowest BCUT2D eigenvalue weighted by Crippen LogP contribution is -2.44. The van der Waals surface area contributed by atoms with Crippen LogP contribution in [-0.4, -0.2) is 116 Å². The Balaban J connectivity index is 0.000000208. The van der Waals surface area contributed by atoms with E-state index in [9.17, 15) is 40.7 Å². The lowest BCUT2D eigenvalue weighted by atomic mass is 10.0. The van der Waals surface area contributed by atoms with E-state index < -0.39 is 23.5 Å². The van der Waals surface area contributed by atoms with Gasteiger partial charge in [-0.15, -0.1) is 0 Å². The van der Waals surface area contributed by atoms with Gasteiger partial charge in [-0.2, -0.15) is 26.3 Å². The molecule has 0 bridgehead atoms. The van der Waals surface area contributed by atoms with E-state index in [1.54, 1.807) is 72.4 Å². The fraction of sp³-hybridized carbons (Fsp3) is 0.386. The second-order valence-corrected chi connectivity index (χ2v) is 15.2. The maximum absolute atomic E-state index is 13.0.